The van der Waals surface area contributed by atoms with Crippen molar-refractivity contribution in [3.8, 4) is 0 Å². The summed E-state index contributed by atoms with van der Waals surface area (Å²) in [5.41, 5.74) is 0.989. The van der Waals surface area contributed by atoms with E-state index in [1.807, 2.05) is 6.92 Å². The largest absolute Gasteiger partial charge is 1.00 e. The Balaban J connectivity index is 0.00000144. The van der Waals surface area contributed by atoms with Gasteiger partial charge in [-0.05, 0) is 19.1 Å². The van der Waals surface area contributed by atoms with Gasteiger partial charge in [0.1, 0.15) is 10.0 Å². The second kappa shape index (κ2) is 5.34. The van der Waals surface area contributed by atoms with Crippen LogP contribution in [0.25, 0.3) is 4.24 Å². The molecule has 0 saturated carbocycles. The number of hydrogen-bond donors (Lipinski definition) is 0. The SMILES string of the molecule is Cc1ccc(S(=O)(=O)[N-]Cl)cc1.[Na+]. The van der Waals surface area contributed by atoms with E-state index < -0.39 is 10.0 Å². The first-order valence-corrected chi connectivity index (χ1v) is 4.99. The van der Waals surface area contributed by atoms with Gasteiger partial charge in [0.2, 0.25) is 0 Å². The summed E-state index contributed by atoms with van der Waals surface area (Å²) >= 11 is 4.90. The van der Waals surface area contributed by atoms with Gasteiger partial charge in [0.05, 0.1) is 0 Å². The first-order valence-electron chi connectivity index (χ1n) is 3.21. The number of rotatable bonds is 2. The van der Waals surface area contributed by atoms with Crippen LogP contribution in [0.2, 0.25) is 0 Å². The predicted octanol–water partition coefficient (Wildman–Crippen LogP) is -0.785. The van der Waals surface area contributed by atoms with Crippen molar-refractivity contribution in [2.75, 3.05) is 0 Å². The number of aryl methyl sites for hydroxylation is 1. The quantitative estimate of drug-likeness (QED) is 0.622. The Morgan fingerprint density at radius 3 is 2.08 bits per heavy atom. The Morgan fingerprint density at radius 1 is 1.23 bits per heavy atom. The van der Waals surface area contributed by atoms with Gasteiger partial charge in [-0.1, -0.05) is 17.7 Å². The fourth-order valence-electron chi connectivity index (χ4n) is 0.750. The summed E-state index contributed by atoms with van der Waals surface area (Å²) in [6.45, 7) is 1.87. The van der Waals surface area contributed by atoms with E-state index in [0.29, 0.717) is 0 Å². The van der Waals surface area contributed by atoms with Crippen LogP contribution in [0.3, 0.4) is 0 Å². The van der Waals surface area contributed by atoms with Crippen molar-refractivity contribution in [2.45, 2.75) is 11.8 Å². The maximum Gasteiger partial charge on any atom is 1.00 e. The van der Waals surface area contributed by atoms with Crippen molar-refractivity contribution in [3.05, 3.63) is 34.1 Å². The van der Waals surface area contributed by atoms with Crippen molar-refractivity contribution in [1.82, 2.24) is 0 Å². The molecule has 66 valence electrons. The van der Waals surface area contributed by atoms with Crippen molar-refractivity contribution in [1.29, 1.82) is 0 Å². The normalized spacial score (nSPS) is 10.6. The summed E-state index contributed by atoms with van der Waals surface area (Å²) < 4.78 is 24.8. The van der Waals surface area contributed by atoms with Crippen molar-refractivity contribution < 1.29 is 38.0 Å². The molecule has 0 atom stereocenters. The van der Waals surface area contributed by atoms with Crippen LogP contribution >= 0.6 is 11.8 Å². The Morgan fingerprint density at radius 2 is 1.69 bits per heavy atom. The molecule has 0 radical (unpaired) electrons. The van der Waals surface area contributed by atoms with E-state index in [2.05, 4.69) is 4.24 Å². The van der Waals surface area contributed by atoms with E-state index in [1.54, 1.807) is 12.1 Å². The molecule has 0 bridgehead atoms. The molecule has 0 aliphatic heterocycles. The predicted molar refractivity (Wildman–Crippen MR) is 47.6 cm³/mol. The molecule has 0 N–H and O–H groups in total. The van der Waals surface area contributed by atoms with E-state index in [1.165, 1.54) is 12.1 Å². The first kappa shape index (κ1) is 13.4. The molecule has 0 fully saturated rings. The smallest absolute Gasteiger partial charge is 0.458 e. The Kier molecular flexibility index (Phi) is 5.51. The standard InChI is InChI=1S/C7H7ClNO2S.Na/c1-6-2-4-7(5-3-6)12(10,11)9-8;/h2-5H,1H3;/q-1;+1. The van der Waals surface area contributed by atoms with Gasteiger partial charge in [-0.3, -0.25) is 11.8 Å². The van der Waals surface area contributed by atoms with Crippen molar-refractivity contribution in [3.63, 3.8) is 0 Å². The van der Waals surface area contributed by atoms with E-state index in [4.69, 9.17) is 11.8 Å². The molecule has 6 heteroatoms. The van der Waals surface area contributed by atoms with Gasteiger partial charge >= 0.3 is 29.6 Å². The van der Waals surface area contributed by atoms with Gasteiger partial charge in [-0.25, -0.2) is 8.42 Å². The maximum absolute atomic E-state index is 11.0. The number of benzene rings is 1. The maximum atomic E-state index is 11.0. The third kappa shape index (κ3) is 3.58. The minimum atomic E-state index is -3.62. The molecule has 0 aromatic heterocycles. The number of hydrogen-bond acceptors (Lipinski definition) is 2. The van der Waals surface area contributed by atoms with E-state index in [0.717, 1.165) is 5.56 Å². The average Bonchev–Trinajstić information content (AvgIpc) is 2.05. The van der Waals surface area contributed by atoms with Gasteiger partial charge < -0.3 is 4.24 Å². The molecule has 13 heavy (non-hydrogen) atoms. The van der Waals surface area contributed by atoms with E-state index >= 15 is 0 Å². The topological polar surface area (TPSA) is 48.2 Å². The van der Waals surface area contributed by atoms with Crippen molar-refractivity contribution in [2.24, 2.45) is 0 Å². The summed E-state index contributed by atoms with van der Waals surface area (Å²) in [6.07, 6.45) is 0. The van der Waals surface area contributed by atoms with Gasteiger partial charge in [0, 0.05) is 4.90 Å². The van der Waals surface area contributed by atoms with Crippen LogP contribution in [0.1, 0.15) is 5.56 Å². The van der Waals surface area contributed by atoms with Gasteiger partial charge in [0.15, 0.2) is 0 Å². The number of sulfonamides is 1. The minimum absolute atomic E-state index is 0. The average molecular weight is 228 g/mol. The summed E-state index contributed by atoms with van der Waals surface area (Å²) in [6, 6.07) is 6.32. The molecule has 0 aliphatic rings. The fraction of sp³-hybridized carbons (Fsp3) is 0.143. The third-order valence-corrected chi connectivity index (χ3v) is 3.00. The molecule has 3 nitrogen and oxygen atoms in total. The summed E-state index contributed by atoms with van der Waals surface area (Å²) in [5.74, 6) is 0. The number of halogens is 1. The molecule has 0 aliphatic carbocycles. The van der Waals surface area contributed by atoms with Crippen LogP contribution in [0.4, 0.5) is 0 Å². The molecular formula is C7H7ClNNaO2S. The van der Waals surface area contributed by atoms with E-state index in [-0.39, 0.29) is 34.5 Å². The van der Waals surface area contributed by atoms with Gasteiger partial charge in [0.25, 0.3) is 0 Å². The number of nitrogens with zero attached hydrogens (tertiary/aromatic N) is 1. The zero-order valence-electron chi connectivity index (χ0n) is 7.36. The van der Waals surface area contributed by atoms with Crippen LogP contribution in [0.15, 0.2) is 29.2 Å². The van der Waals surface area contributed by atoms with Crippen LogP contribution in [-0.4, -0.2) is 8.42 Å². The molecule has 0 amide bonds. The molecule has 1 aromatic rings. The minimum Gasteiger partial charge on any atom is -0.458 e. The molecule has 0 spiro atoms. The summed E-state index contributed by atoms with van der Waals surface area (Å²) in [5, 5.41) is 0. The Hall–Kier alpha value is 0.420. The van der Waals surface area contributed by atoms with Gasteiger partial charge in [-0.15, -0.1) is 0 Å². The zero-order chi connectivity index (χ0) is 9.19. The first-order chi connectivity index (χ1) is 5.56. The molecule has 1 rings (SSSR count). The molecule has 0 unspecified atom stereocenters. The molecule has 0 heterocycles. The Labute approximate surface area is 105 Å². The Bertz CT molecular complexity index is 363. The van der Waals surface area contributed by atoms with Crippen LogP contribution in [0.5, 0.6) is 0 Å². The molecular weight excluding hydrogens is 221 g/mol. The van der Waals surface area contributed by atoms with Gasteiger partial charge in [-0.2, -0.15) is 0 Å². The van der Waals surface area contributed by atoms with E-state index in [9.17, 15) is 8.42 Å². The fourth-order valence-corrected chi connectivity index (χ4v) is 1.55. The summed E-state index contributed by atoms with van der Waals surface area (Å²) in [7, 11) is -3.62. The third-order valence-electron chi connectivity index (χ3n) is 1.41. The van der Waals surface area contributed by atoms with Crippen molar-refractivity contribution >= 4 is 21.8 Å². The zero-order valence-corrected chi connectivity index (χ0v) is 10.9. The summed E-state index contributed by atoms with van der Waals surface area (Å²) in [4.78, 5) is 0.114. The van der Waals surface area contributed by atoms with Crippen LogP contribution in [0, 0.1) is 6.92 Å². The van der Waals surface area contributed by atoms with Crippen LogP contribution < -0.4 is 29.6 Å². The molecule has 1 aromatic carbocycles. The monoisotopic (exact) mass is 227 g/mol. The second-order valence-electron chi connectivity index (χ2n) is 2.36. The molecule has 0 saturated heterocycles. The second-order valence-corrected chi connectivity index (χ2v) is 4.33. The van der Waals surface area contributed by atoms with Crippen LogP contribution in [-0.2, 0) is 10.0 Å².